The summed E-state index contributed by atoms with van der Waals surface area (Å²) in [4.78, 5) is 6.96. The largest absolute Gasteiger partial charge is 0.497 e. The third-order valence-corrected chi connectivity index (χ3v) is 5.60. The number of guanidine groups is 1. The molecule has 6 heteroatoms. The van der Waals surface area contributed by atoms with E-state index < -0.39 is 0 Å². The molecule has 3 N–H and O–H groups in total. The minimum Gasteiger partial charge on any atom is -0.497 e. The zero-order valence-electron chi connectivity index (χ0n) is 14.1. The Balaban J connectivity index is 1.51. The number of benzene rings is 1. The Kier molecular flexibility index (Phi) is 6.09. The summed E-state index contributed by atoms with van der Waals surface area (Å²) in [5, 5.41) is 7.40. The summed E-state index contributed by atoms with van der Waals surface area (Å²) in [6.45, 7) is 1.40. The van der Waals surface area contributed by atoms with Gasteiger partial charge in [0.2, 0.25) is 0 Å². The van der Waals surface area contributed by atoms with Gasteiger partial charge < -0.3 is 15.8 Å². The van der Waals surface area contributed by atoms with Crippen LogP contribution in [0, 0.1) is 0 Å². The van der Waals surface area contributed by atoms with Crippen LogP contribution in [0.3, 0.4) is 0 Å². The molecule has 0 amide bonds. The molecule has 0 saturated carbocycles. The minimum atomic E-state index is 0.496. The zero-order chi connectivity index (χ0) is 17.5. The van der Waals surface area contributed by atoms with Crippen LogP contribution in [0.2, 0.25) is 0 Å². The molecular weight excluding hydrogens is 350 g/mol. The van der Waals surface area contributed by atoms with Gasteiger partial charge in [-0.3, -0.25) is 0 Å². The smallest absolute Gasteiger partial charge is 0.188 e. The van der Waals surface area contributed by atoms with Crippen molar-refractivity contribution in [3.8, 4) is 16.9 Å². The van der Waals surface area contributed by atoms with E-state index in [1.54, 1.807) is 29.8 Å². The van der Waals surface area contributed by atoms with E-state index in [-0.39, 0.29) is 0 Å². The average Bonchev–Trinajstić information content (AvgIpc) is 3.32. The van der Waals surface area contributed by atoms with Crippen LogP contribution >= 0.6 is 22.7 Å². The van der Waals surface area contributed by atoms with Crippen molar-refractivity contribution in [3.05, 3.63) is 63.0 Å². The Morgan fingerprint density at radius 1 is 1.12 bits per heavy atom. The van der Waals surface area contributed by atoms with Gasteiger partial charge in [-0.2, -0.15) is 0 Å². The lowest BCUT2D eigenvalue weighted by molar-refractivity contribution is 0.415. The van der Waals surface area contributed by atoms with Crippen LogP contribution in [-0.4, -0.2) is 19.6 Å². The fraction of sp³-hybridized carbons (Fsp3) is 0.211. The summed E-state index contributed by atoms with van der Waals surface area (Å²) in [5.74, 6) is 1.36. The predicted molar refractivity (Wildman–Crippen MR) is 108 cm³/mol. The van der Waals surface area contributed by atoms with Gasteiger partial charge in [-0.25, -0.2) is 4.99 Å². The first kappa shape index (κ1) is 17.5. The molecule has 1 aromatic carbocycles. The number of hydrogen-bond donors (Lipinski definition) is 2. The number of aliphatic imine (C=N–C) groups is 1. The first-order valence-electron chi connectivity index (χ1n) is 8.02. The standard InChI is InChI=1S/C19H21N3OS2/c1-23-16-6-4-14(5-7-16)15-11-18(25-13-15)12-22-19(20)21-9-8-17-3-2-10-24-17/h2-7,10-11,13H,8-9,12H2,1H3,(H3,20,21,22). The second-order valence-corrected chi connectivity index (χ2v) is 7.52. The summed E-state index contributed by atoms with van der Waals surface area (Å²) in [6.07, 6.45) is 0.967. The highest BCUT2D eigenvalue weighted by Crippen LogP contribution is 2.27. The van der Waals surface area contributed by atoms with Gasteiger partial charge >= 0.3 is 0 Å². The van der Waals surface area contributed by atoms with Crippen molar-refractivity contribution in [3.63, 3.8) is 0 Å². The van der Waals surface area contributed by atoms with E-state index in [0.29, 0.717) is 12.5 Å². The molecule has 2 aromatic heterocycles. The summed E-state index contributed by atoms with van der Waals surface area (Å²) >= 11 is 3.46. The number of thiophene rings is 2. The fourth-order valence-electron chi connectivity index (χ4n) is 2.39. The van der Waals surface area contributed by atoms with E-state index >= 15 is 0 Å². The molecule has 0 spiro atoms. The van der Waals surface area contributed by atoms with Crippen LogP contribution in [0.15, 0.2) is 58.2 Å². The molecule has 4 nitrogen and oxygen atoms in total. The lowest BCUT2D eigenvalue weighted by Crippen LogP contribution is -2.33. The van der Waals surface area contributed by atoms with Gasteiger partial charge in [0.05, 0.1) is 13.7 Å². The van der Waals surface area contributed by atoms with E-state index in [1.807, 2.05) is 12.1 Å². The molecule has 0 aliphatic carbocycles. The van der Waals surface area contributed by atoms with Crippen LogP contribution < -0.4 is 15.8 Å². The highest BCUT2D eigenvalue weighted by molar-refractivity contribution is 7.10. The van der Waals surface area contributed by atoms with Gasteiger partial charge in [0, 0.05) is 16.3 Å². The lowest BCUT2D eigenvalue weighted by Gasteiger charge is -2.04. The Morgan fingerprint density at radius 3 is 2.68 bits per heavy atom. The van der Waals surface area contributed by atoms with E-state index in [0.717, 1.165) is 18.7 Å². The van der Waals surface area contributed by atoms with Gasteiger partial charge in [0.1, 0.15) is 5.75 Å². The molecule has 3 rings (SSSR count). The third kappa shape index (κ3) is 5.08. The van der Waals surface area contributed by atoms with Crippen molar-refractivity contribution < 1.29 is 4.74 Å². The zero-order valence-corrected chi connectivity index (χ0v) is 15.7. The van der Waals surface area contributed by atoms with Crippen molar-refractivity contribution in [1.29, 1.82) is 0 Å². The molecule has 0 unspecified atom stereocenters. The number of nitrogens with zero attached hydrogens (tertiary/aromatic N) is 1. The second-order valence-electron chi connectivity index (χ2n) is 5.49. The molecular formula is C19H21N3OS2. The molecule has 130 valence electrons. The Hall–Kier alpha value is -2.31. The van der Waals surface area contributed by atoms with Gasteiger partial charge in [-0.1, -0.05) is 18.2 Å². The summed E-state index contributed by atoms with van der Waals surface area (Å²) in [5.41, 5.74) is 8.32. The van der Waals surface area contributed by atoms with Gasteiger partial charge in [-0.15, -0.1) is 22.7 Å². The lowest BCUT2D eigenvalue weighted by atomic mass is 10.1. The normalized spacial score (nSPS) is 11.5. The minimum absolute atomic E-state index is 0.496. The number of nitrogens with two attached hydrogens (primary N) is 1. The first-order chi connectivity index (χ1) is 12.2. The molecule has 0 saturated heterocycles. The van der Waals surface area contributed by atoms with Gasteiger partial charge in [-0.05, 0) is 52.6 Å². The fourth-order valence-corrected chi connectivity index (χ4v) is 3.91. The number of nitrogens with one attached hydrogen (secondary N) is 1. The van der Waals surface area contributed by atoms with Crippen molar-refractivity contribution in [2.24, 2.45) is 10.7 Å². The van der Waals surface area contributed by atoms with Gasteiger partial charge in [0.25, 0.3) is 0 Å². The maximum Gasteiger partial charge on any atom is 0.188 e. The highest BCUT2D eigenvalue weighted by Gasteiger charge is 2.03. The quantitative estimate of drug-likeness (QED) is 0.485. The summed E-state index contributed by atoms with van der Waals surface area (Å²) in [6, 6.07) is 14.4. The molecule has 0 bridgehead atoms. The van der Waals surface area contributed by atoms with Crippen molar-refractivity contribution in [1.82, 2.24) is 5.32 Å². The molecule has 2 heterocycles. The Bertz CT molecular complexity index is 808. The Labute approximate surface area is 156 Å². The van der Waals surface area contributed by atoms with Crippen LogP contribution in [0.25, 0.3) is 11.1 Å². The molecule has 0 aliphatic heterocycles. The van der Waals surface area contributed by atoms with Crippen LogP contribution in [-0.2, 0) is 13.0 Å². The summed E-state index contributed by atoms with van der Waals surface area (Å²) < 4.78 is 5.20. The van der Waals surface area contributed by atoms with E-state index in [2.05, 4.69) is 51.4 Å². The van der Waals surface area contributed by atoms with Crippen molar-refractivity contribution >= 4 is 28.6 Å². The predicted octanol–water partition coefficient (Wildman–Crippen LogP) is 4.13. The Morgan fingerprint density at radius 2 is 1.96 bits per heavy atom. The van der Waals surface area contributed by atoms with Crippen molar-refractivity contribution in [2.45, 2.75) is 13.0 Å². The second kappa shape index (κ2) is 8.69. The molecule has 0 radical (unpaired) electrons. The number of methoxy groups -OCH3 is 1. The maximum absolute atomic E-state index is 5.94. The third-order valence-electron chi connectivity index (χ3n) is 3.74. The van der Waals surface area contributed by atoms with Crippen molar-refractivity contribution in [2.75, 3.05) is 13.7 Å². The van der Waals surface area contributed by atoms with E-state index in [4.69, 9.17) is 10.5 Å². The first-order valence-corrected chi connectivity index (χ1v) is 9.78. The number of hydrogen-bond acceptors (Lipinski definition) is 4. The number of ether oxygens (including phenoxy) is 1. The summed E-state index contributed by atoms with van der Waals surface area (Å²) in [7, 11) is 1.68. The SMILES string of the molecule is COc1ccc(-c2csc(CN=C(N)NCCc3cccs3)c2)cc1. The molecule has 3 aromatic rings. The van der Waals surface area contributed by atoms with Crippen LogP contribution in [0.5, 0.6) is 5.75 Å². The molecule has 25 heavy (non-hydrogen) atoms. The molecule has 0 aliphatic rings. The van der Waals surface area contributed by atoms with E-state index in [1.165, 1.54) is 20.9 Å². The monoisotopic (exact) mass is 371 g/mol. The maximum atomic E-state index is 5.94. The highest BCUT2D eigenvalue weighted by atomic mass is 32.1. The van der Waals surface area contributed by atoms with Gasteiger partial charge in [0.15, 0.2) is 5.96 Å². The van der Waals surface area contributed by atoms with Crippen LogP contribution in [0.4, 0.5) is 0 Å². The topological polar surface area (TPSA) is 59.6 Å². The van der Waals surface area contributed by atoms with E-state index in [9.17, 15) is 0 Å². The number of rotatable bonds is 7. The van der Waals surface area contributed by atoms with Crippen LogP contribution in [0.1, 0.15) is 9.75 Å². The molecule has 0 fully saturated rings. The average molecular weight is 372 g/mol. The molecule has 0 atom stereocenters.